The normalized spacial score (nSPS) is 11.3. The van der Waals surface area contributed by atoms with Crippen molar-refractivity contribution >= 4 is 67.5 Å². The summed E-state index contributed by atoms with van der Waals surface area (Å²) >= 11 is 0. The van der Waals surface area contributed by atoms with Crippen LogP contribution in [-0.2, 0) is 0 Å². The van der Waals surface area contributed by atoms with E-state index in [-0.39, 0.29) is 5.78 Å². The summed E-state index contributed by atoms with van der Waals surface area (Å²) in [6.45, 7) is 0. The molecule has 3 heteroatoms. The number of benzene rings is 7. The van der Waals surface area contributed by atoms with Crippen LogP contribution in [0.2, 0.25) is 0 Å². The number of ketones is 1. The molecule has 0 fully saturated rings. The Kier molecular flexibility index (Phi) is 6.82. The number of carbonyl (C=O) groups is 2. The Morgan fingerprint density at radius 2 is 1.14 bits per heavy atom. The van der Waals surface area contributed by atoms with Crippen LogP contribution >= 0.6 is 0 Å². The summed E-state index contributed by atoms with van der Waals surface area (Å²) in [5, 5.41) is 6.56. The number of aldehydes is 1. The molecule has 0 bridgehead atoms. The van der Waals surface area contributed by atoms with E-state index < -0.39 is 0 Å². The average molecular weight is 554 g/mol. The molecule has 7 aromatic rings. The molecule has 0 aliphatic rings. The fourth-order valence-electron chi connectivity index (χ4n) is 5.71. The van der Waals surface area contributed by atoms with Crippen LogP contribution < -0.4 is 4.90 Å². The molecule has 0 amide bonds. The Balaban J connectivity index is 1.25. The highest BCUT2D eigenvalue weighted by Gasteiger charge is 2.16. The molecule has 7 rings (SSSR count). The highest BCUT2D eigenvalue weighted by Crippen LogP contribution is 2.39. The first-order valence-electron chi connectivity index (χ1n) is 14.3. The van der Waals surface area contributed by atoms with Crippen LogP contribution in [0, 0.1) is 0 Å². The van der Waals surface area contributed by atoms with Crippen molar-refractivity contribution in [1.29, 1.82) is 0 Å². The van der Waals surface area contributed by atoms with E-state index in [9.17, 15) is 9.59 Å². The summed E-state index contributed by atoms with van der Waals surface area (Å²) in [6, 6.07) is 49.2. The second-order valence-electron chi connectivity index (χ2n) is 10.6. The molecule has 0 N–H and O–H groups in total. The van der Waals surface area contributed by atoms with E-state index in [0.717, 1.165) is 45.1 Å². The zero-order chi connectivity index (χ0) is 29.2. The molecule has 0 aromatic heterocycles. The molecule has 0 atom stereocenters. The first-order chi connectivity index (χ1) is 21.2. The van der Waals surface area contributed by atoms with Crippen LogP contribution in [0.5, 0.6) is 0 Å². The summed E-state index contributed by atoms with van der Waals surface area (Å²) in [6.07, 6.45) is 4.09. The quantitative estimate of drug-likeness (QED) is 0.112. The number of hydrogen-bond donors (Lipinski definition) is 0. The summed E-state index contributed by atoms with van der Waals surface area (Å²) in [5.41, 5.74) is 4.84. The maximum absolute atomic E-state index is 13.2. The van der Waals surface area contributed by atoms with Crippen molar-refractivity contribution in [3.8, 4) is 0 Å². The first kappa shape index (κ1) is 26.1. The minimum Gasteiger partial charge on any atom is -0.310 e. The Bertz CT molecular complexity index is 2170. The van der Waals surface area contributed by atoms with Crippen molar-refractivity contribution in [2.45, 2.75) is 0 Å². The fraction of sp³-hybridized carbons (Fsp3) is 0. The lowest BCUT2D eigenvalue weighted by atomic mass is 9.98. The molecule has 0 aliphatic heterocycles. The molecule has 3 nitrogen and oxygen atoms in total. The zero-order valence-electron chi connectivity index (χ0n) is 23.4. The largest absolute Gasteiger partial charge is 0.310 e. The van der Waals surface area contributed by atoms with E-state index >= 15 is 0 Å². The first-order valence-corrected chi connectivity index (χ1v) is 14.3. The van der Waals surface area contributed by atoms with Gasteiger partial charge in [-0.2, -0.15) is 0 Å². The van der Waals surface area contributed by atoms with Crippen molar-refractivity contribution in [3.05, 3.63) is 168 Å². The lowest BCUT2D eigenvalue weighted by Gasteiger charge is -2.27. The van der Waals surface area contributed by atoms with Crippen molar-refractivity contribution in [2.75, 3.05) is 4.90 Å². The third-order valence-electron chi connectivity index (χ3n) is 7.89. The predicted octanol–water partition coefficient (Wildman–Crippen LogP) is 10.3. The molecule has 0 saturated heterocycles. The van der Waals surface area contributed by atoms with Gasteiger partial charge in [0.25, 0.3) is 0 Å². The van der Waals surface area contributed by atoms with Gasteiger partial charge in [0.05, 0.1) is 5.69 Å². The van der Waals surface area contributed by atoms with Crippen LogP contribution in [0.15, 0.2) is 152 Å². The Morgan fingerprint density at radius 1 is 0.535 bits per heavy atom. The molecule has 0 aliphatic carbocycles. The van der Waals surface area contributed by atoms with Gasteiger partial charge in [0.15, 0.2) is 12.1 Å². The molecule has 7 aromatic carbocycles. The maximum Gasteiger partial charge on any atom is 0.186 e. The molecule has 43 heavy (non-hydrogen) atoms. The summed E-state index contributed by atoms with van der Waals surface area (Å²) in [5.74, 6) is -0.203. The van der Waals surface area contributed by atoms with Gasteiger partial charge in [-0.3, -0.25) is 9.59 Å². The smallest absolute Gasteiger partial charge is 0.186 e. The molecular formula is C40H27NO2. The fourth-order valence-corrected chi connectivity index (χ4v) is 5.71. The lowest BCUT2D eigenvalue weighted by Crippen LogP contribution is -2.10. The van der Waals surface area contributed by atoms with Gasteiger partial charge in [-0.15, -0.1) is 0 Å². The standard InChI is InChI=1S/C40H27NO2/c42-27-34-24-31-10-3-4-12-33(31)26-38(34)40(43)23-18-28-16-20-35(21-17-28)41(36-22-19-29-8-1-2-11-32(29)25-36)39-15-7-13-30-9-5-6-14-37(30)39/h1-27H/b23-18-. The van der Waals surface area contributed by atoms with E-state index in [4.69, 9.17) is 0 Å². The van der Waals surface area contributed by atoms with Gasteiger partial charge in [-0.05, 0) is 81.0 Å². The number of anilines is 3. The third kappa shape index (κ3) is 5.09. The van der Waals surface area contributed by atoms with Crippen LogP contribution in [0.25, 0.3) is 38.4 Å². The van der Waals surface area contributed by atoms with Crippen LogP contribution in [0.1, 0.15) is 26.3 Å². The second-order valence-corrected chi connectivity index (χ2v) is 10.6. The van der Waals surface area contributed by atoms with Gasteiger partial charge in [0.2, 0.25) is 0 Å². The number of rotatable bonds is 7. The molecule has 204 valence electrons. The average Bonchev–Trinajstić information content (AvgIpc) is 3.07. The summed E-state index contributed by atoms with van der Waals surface area (Å²) < 4.78 is 0. The molecule has 0 radical (unpaired) electrons. The number of hydrogen-bond acceptors (Lipinski definition) is 3. The SMILES string of the molecule is O=Cc1cc2ccccc2cc1C(=O)/C=C\c1ccc(N(c2ccc3ccccc3c2)c2cccc3ccccc23)cc1. The maximum atomic E-state index is 13.2. The van der Waals surface area contributed by atoms with Crippen LogP contribution in [-0.4, -0.2) is 12.1 Å². The second kappa shape index (κ2) is 11.2. The molecule has 0 spiro atoms. The van der Waals surface area contributed by atoms with Gasteiger partial charge < -0.3 is 4.90 Å². The van der Waals surface area contributed by atoms with Gasteiger partial charge in [0, 0.05) is 27.9 Å². The van der Waals surface area contributed by atoms with Gasteiger partial charge in [0.1, 0.15) is 0 Å². The zero-order valence-corrected chi connectivity index (χ0v) is 23.4. The molecule has 0 saturated carbocycles. The number of nitrogens with zero attached hydrogens (tertiary/aromatic N) is 1. The highest BCUT2D eigenvalue weighted by molar-refractivity contribution is 6.13. The van der Waals surface area contributed by atoms with Crippen molar-refractivity contribution in [2.24, 2.45) is 0 Å². The van der Waals surface area contributed by atoms with Crippen molar-refractivity contribution in [1.82, 2.24) is 0 Å². The van der Waals surface area contributed by atoms with Crippen LogP contribution in [0.3, 0.4) is 0 Å². The third-order valence-corrected chi connectivity index (χ3v) is 7.89. The van der Waals surface area contributed by atoms with E-state index in [1.807, 2.05) is 36.4 Å². The molecule has 0 heterocycles. The van der Waals surface area contributed by atoms with Gasteiger partial charge >= 0.3 is 0 Å². The van der Waals surface area contributed by atoms with Gasteiger partial charge in [-0.25, -0.2) is 0 Å². The Morgan fingerprint density at radius 3 is 1.88 bits per heavy atom. The number of fused-ring (bicyclic) bond motifs is 3. The van der Waals surface area contributed by atoms with E-state index in [1.165, 1.54) is 22.2 Å². The minimum atomic E-state index is -0.203. The van der Waals surface area contributed by atoms with Crippen LogP contribution in [0.4, 0.5) is 17.1 Å². The molecular weight excluding hydrogens is 526 g/mol. The molecule has 0 unspecified atom stereocenters. The predicted molar refractivity (Wildman–Crippen MR) is 179 cm³/mol. The highest BCUT2D eigenvalue weighted by atomic mass is 16.1. The summed E-state index contributed by atoms with van der Waals surface area (Å²) in [7, 11) is 0. The topological polar surface area (TPSA) is 37.4 Å². The monoisotopic (exact) mass is 553 g/mol. The van der Waals surface area contributed by atoms with E-state index in [0.29, 0.717) is 11.1 Å². The van der Waals surface area contributed by atoms with Crippen molar-refractivity contribution < 1.29 is 9.59 Å². The van der Waals surface area contributed by atoms with E-state index in [2.05, 4.69) is 102 Å². The van der Waals surface area contributed by atoms with E-state index in [1.54, 1.807) is 18.2 Å². The lowest BCUT2D eigenvalue weighted by molar-refractivity contribution is 0.103. The summed E-state index contributed by atoms with van der Waals surface area (Å²) in [4.78, 5) is 27.2. The van der Waals surface area contributed by atoms with Gasteiger partial charge in [-0.1, -0.05) is 109 Å². The Hall–Kier alpha value is -5.80. The minimum absolute atomic E-state index is 0.203. The number of allylic oxidation sites excluding steroid dienone is 1. The Labute approximate surface area is 250 Å². The number of carbonyl (C=O) groups excluding carboxylic acids is 2. The van der Waals surface area contributed by atoms with Crippen molar-refractivity contribution in [3.63, 3.8) is 0 Å².